The van der Waals surface area contributed by atoms with Crippen LogP contribution in [-0.2, 0) is 0 Å². The number of rotatable bonds is 9. The molecule has 4 aromatic rings. The van der Waals surface area contributed by atoms with Gasteiger partial charge in [-0.3, -0.25) is 9.59 Å². The minimum atomic E-state index is -0.591. The molecule has 3 aromatic carbocycles. The number of fused-ring (bicyclic) bond motifs is 3. The van der Waals surface area contributed by atoms with Gasteiger partial charge in [-0.25, -0.2) is 4.39 Å². The largest absolute Gasteiger partial charge is 0.451 e. The van der Waals surface area contributed by atoms with Gasteiger partial charge in [0.05, 0.1) is 11.1 Å². The van der Waals surface area contributed by atoms with Crippen molar-refractivity contribution >= 4 is 33.3 Å². The average Bonchev–Trinajstić information content (AvgIpc) is 3.36. The Morgan fingerprint density at radius 3 is 2.66 bits per heavy atom. The number of carbonyl (C=O) groups excluding carboxylic acids is 1. The molecule has 6 rings (SSSR count). The monoisotopic (exact) mass is 557 g/mol. The van der Waals surface area contributed by atoms with Crippen molar-refractivity contribution < 1.29 is 13.9 Å². The van der Waals surface area contributed by atoms with Crippen LogP contribution in [0.3, 0.4) is 0 Å². The number of nitrogens with one attached hydrogen (secondary N) is 2. The zero-order chi connectivity index (χ0) is 28.7. The molecule has 1 fully saturated rings. The Morgan fingerprint density at radius 1 is 1.15 bits per heavy atom. The third-order valence-electron chi connectivity index (χ3n) is 8.26. The number of likely N-dealkylation sites (tertiary alicyclic amines) is 1. The summed E-state index contributed by atoms with van der Waals surface area (Å²) in [7, 11) is 6.08. The first-order valence-corrected chi connectivity index (χ1v) is 14.3. The van der Waals surface area contributed by atoms with Crippen LogP contribution in [0, 0.1) is 5.82 Å². The Kier molecular flexibility index (Phi) is 7.40. The van der Waals surface area contributed by atoms with Crippen LogP contribution in [0.2, 0.25) is 0 Å². The third kappa shape index (κ3) is 5.15. The van der Waals surface area contributed by atoms with Gasteiger partial charge in [-0.2, -0.15) is 0 Å². The highest BCUT2D eigenvalue weighted by Gasteiger charge is 2.29. The van der Waals surface area contributed by atoms with Crippen molar-refractivity contribution in [2.24, 2.45) is 0 Å². The van der Waals surface area contributed by atoms with Gasteiger partial charge in [-0.15, -0.1) is 0 Å². The maximum atomic E-state index is 15.7. The maximum Gasteiger partial charge on any atom is 0.256 e. The fraction of sp³-hybridized carbons (Fsp3) is 0.375. The number of carbonyl (C=O) groups is 1. The van der Waals surface area contributed by atoms with Crippen molar-refractivity contribution in [2.75, 3.05) is 52.6 Å². The van der Waals surface area contributed by atoms with Crippen LogP contribution < -0.4 is 20.8 Å². The van der Waals surface area contributed by atoms with E-state index < -0.39 is 17.2 Å². The van der Waals surface area contributed by atoms with Gasteiger partial charge >= 0.3 is 0 Å². The second-order valence-corrected chi connectivity index (χ2v) is 11.4. The van der Waals surface area contributed by atoms with Crippen molar-refractivity contribution in [3.63, 3.8) is 0 Å². The zero-order valence-electron chi connectivity index (χ0n) is 23.8. The molecule has 1 unspecified atom stereocenters. The number of pyridine rings is 1. The number of ether oxygens (including phenoxy) is 1. The Bertz CT molecular complexity index is 1700. The van der Waals surface area contributed by atoms with Crippen molar-refractivity contribution in [1.82, 2.24) is 19.7 Å². The van der Waals surface area contributed by atoms with Gasteiger partial charge in [0.2, 0.25) is 5.43 Å². The Balaban J connectivity index is 1.43. The van der Waals surface area contributed by atoms with Crippen LogP contribution in [0.5, 0.6) is 11.5 Å². The lowest BCUT2D eigenvalue weighted by Gasteiger charge is -2.27. The Morgan fingerprint density at radius 2 is 1.93 bits per heavy atom. The van der Waals surface area contributed by atoms with E-state index in [1.165, 1.54) is 6.07 Å². The van der Waals surface area contributed by atoms with Crippen LogP contribution in [0.4, 0.5) is 10.1 Å². The molecule has 1 amide bonds. The van der Waals surface area contributed by atoms with Gasteiger partial charge in [0.1, 0.15) is 16.8 Å². The van der Waals surface area contributed by atoms with E-state index in [0.717, 1.165) is 49.5 Å². The second kappa shape index (κ2) is 11.1. The Labute approximate surface area is 238 Å². The molecule has 0 saturated carbocycles. The Hall–Kier alpha value is -3.95. The SMILES string of the molecule is CN(C)CCCNc1c(F)cc2c(=O)c(C(=O)NCCC3CCCN3C)cn3c2c1Oc1cc2ccccc2cc1-3. The van der Waals surface area contributed by atoms with E-state index in [1.807, 2.05) is 50.5 Å². The summed E-state index contributed by atoms with van der Waals surface area (Å²) in [6.07, 6.45) is 5.45. The van der Waals surface area contributed by atoms with E-state index in [2.05, 4.69) is 27.5 Å². The molecule has 0 spiro atoms. The highest BCUT2D eigenvalue weighted by Crippen LogP contribution is 2.46. The summed E-state index contributed by atoms with van der Waals surface area (Å²) >= 11 is 0. The van der Waals surface area contributed by atoms with Gasteiger partial charge in [0.15, 0.2) is 17.3 Å². The lowest BCUT2D eigenvalue weighted by Crippen LogP contribution is -2.34. The van der Waals surface area contributed by atoms with Gasteiger partial charge in [-0.1, -0.05) is 24.3 Å². The number of benzene rings is 3. The minimum absolute atomic E-state index is 0.0182. The molecule has 214 valence electrons. The number of hydrogen-bond acceptors (Lipinski definition) is 6. The fourth-order valence-electron chi connectivity index (χ4n) is 6.03. The topological polar surface area (TPSA) is 78.8 Å². The van der Waals surface area contributed by atoms with Crippen LogP contribution in [0.1, 0.15) is 36.0 Å². The number of aromatic nitrogens is 1. The molecule has 2 aliphatic rings. The second-order valence-electron chi connectivity index (χ2n) is 11.4. The van der Waals surface area contributed by atoms with Crippen molar-refractivity contribution in [2.45, 2.75) is 31.7 Å². The summed E-state index contributed by atoms with van der Waals surface area (Å²) in [5, 5.41) is 8.21. The average molecular weight is 558 g/mol. The molecule has 0 radical (unpaired) electrons. The molecule has 41 heavy (non-hydrogen) atoms. The van der Waals surface area contributed by atoms with E-state index in [4.69, 9.17) is 4.74 Å². The van der Waals surface area contributed by atoms with Gasteiger partial charge in [0.25, 0.3) is 5.91 Å². The van der Waals surface area contributed by atoms with Crippen LogP contribution in [-0.4, -0.2) is 73.6 Å². The fourth-order valence-corrected chi connectivity index (χ4v) is 6.03. The van der Waals surface area contributed by atoms with E-state index in [1.54, 1.807) is 10.8 Å². The van der Waals surface area contributed by atoms with Crippen LogP contribution in [0.25, 0.3) is 27.4 Å². The normalized spacial score (nSPS) is 16.3. The van der Waals surface area contributed by atoms with Crippen molar-refractivity contribution in [3.8, 4) is 17.2 Å². The first-order chi connectivity index (χ1) is 19.8. The number of halogens is 1. The zero-order valence-corrected chi connectivity index (χ0v) is 23.8. The molecule has 8 nitrogen and oxygen atoms in total. The molecule has 9 heteroatoms. The van der Waals surface area contributed by atoms with E-state index in [0.29, 0.717) is 36.1 Å². The van der Waals surface area contributed by atoms with E-state index >= 15 is 4.39 Å². The first-order valence-electron chi connectivity index (χ1n) is 14.3. The predicted octanol–water partition coefficient (Wildman–Crippen LogP) is 4.97. The molecule has 1 atom stereocenters. The lowest BCUT2D eigenvalue weighted by molar-refractivity contribution is 0.0949. The van der Waals surface area contributed by atoms with Crippen LogP contribution >= 0.6 is 0 Å². The standard InChI is InChI=1S/C32H36FN5O3/c1-36(2)14-7-12-34-28-25(33)18-23-29-31(28)41-27-17-21-9-5-4-8-20(21)16-26(27)38(29)19-24(30(23)39)32(40)35-13-11-22-10-6-15-37(22)3/h4-5,8-9,16-19,22,34H,6-7,10-15H2,1-3H3,(H,35,40). The van der Waals surface area contributed by atoms with E-state index in [-0.39, 0.29) is 22.4 Å². The summed E-state index contributed by atoms with van der Waals surface area (Å²) in [6.45, 7) is 2.89. The molecule has 0 bridgehead atoms. The number of hydrogen-bond donors (Lipinski definition) is 2. The maximum absolute atomic E-state index is 15.7. The van der Waals surface area contributed by atoms with Crippen LogP contribution in [0.15, 0.2) is 53.5 Å². The van der Waals surface area contributed by atoms with Gasteiger partial charge < -0.3 is 29.7 Å². The quantitative estimate of drug-likeness (QED) is 0.249. The third-order valence-corrected chi connectivity index (χ3v) is 8.26. The summed E-state index contributed by atoms with van der Waals surface area (Å²) in [5.41, 5.74) is 0.807. The molecule has 3 heterocycles. The summed E-state index contributed by atoms with van der Waals surface area (Å²) in [6, 6.07) is 13.4. The van der Waals surface area contributed by atoms with Crippen molar-refractivity contribution in [3.05, 3.63) is 70.3 Å². The minimum Gasteiger partial charge on any atom is -0.451 e. The number of anilines is 1. The number of amides is 1. The highest BCUT2D eigenvalue weighted by molar-refractivity contribution is 6.02. The summed E-state index contributed by atoms with van der Waals surface area (Å²) < 4.78 is 23.8. The van der Waals surface area contributed by atoms with Gasteiger partial charge in [0, 0.05) is 25.3 Å². The summed E-state index contributed by atoms with van der Waals surface area (Å²) in [5.74, 6) is -0.269. The molecule has 0 aliphatic carbocycles. The van der Waals surface area contributed by atoms with Gasteiger partial charge in [-0.05, 0) is 88.9 Å². The molecule has 1 aromatic heterocycles. The molecular weight excluding hydrogens is 521 g/mol. The molecule has 2 aliphatic heterocycles. The molecule has 2 N–H and O–H groups in total. The smallest absolute Gasteiger partial charge is 0.256 e. The molecular formula is C32H36FN5O3. The summed E-state index contributed by atoms with van der Waals surface area (Å²) in [4.78, 5) is 31.4. The first kappa shape index (κ1) is 27.2. The van der Waals surface area contributed by atoms with Crippen molar-refractivity contribution in [1.29, 1.82) is 0 Å². The highest BCUT2D eigenvalue weighted by atomic mass is 19.1. The molecule has 1 saturated heterocycles. The van der Waals surface area contributed by atoms with E-state index in [9.17, 15) is 9.59 Å². The lowest BCUT2D eigenvalue weighted by atomic mass is 10.0. The predicted molar refractivity (Wildman–Crippen MR) is 161 cm³/mol. The number of nitrogens with zero attached hydrogens (tertiary/aromatic N) is 3.